The molecular formula is C23H26N2O4S. The number of hydrogen-bond donors (Lipinski definition) is 1. The Labute approximate surface area is 180 Å². The van der Waals surface area contributed by atoms with Crippen molar-refractivity contribution in [2.24, 2.45) is 0 Å². The summed E-state index contributed by atoms with van der Waals surface area (Å²) in [7, 11) is 3.87. The number of pyridine rings is 1. The van der Waals surface area contributed by atoms with Crippen molar-refractivity contribution < 1.29 is 19.4 Å². The van der Waals surface area contributed by atoms with Crippen molar-refractivity contribution in [3.8, 4) is 11.6 Å². The molecule has 0 saturated heterocycles. The third-order valence-electron chi connectivity index (χ3n) is 4.34. The summed E-state index contributed by atoms with van der Waals surface area (Å²) in [6.07, 6.45) is 0.793. The van der Waals surface area contributed by atoms with E-state index in [2.05, 4.69) is 4.98 Å². The molecule has 158 valence electrons. The molecule has 0 atom stereocenters. The van der Waals surface area contributed by atoms with Gasteiger partial charge in [-0.3, -0.25) is 0 Å². The maximum absolute atomic E-state index is 12.0. The molecule has 0 bridgehead atoms. The quantitative estimate of drug-likeness (QED) is 0.378. The van der Waals surface area contributed by atoms with Gasteiger partial charge < -0.3 is 19.5 Å². The SMILES string of the molecule is CCCCOC(=O)Oc1nc(CN(C)C)c2cc(Sc3ccccc3)ccc2c1O. The molecule has 0 unspecified atom stereocenters. The van der Waals surface area contributed by atoms with Crippen LogP contribution in [0.3, 0.4) is 0 Å². The Morgan fingerprint density at radius 1 is 1.10 bits per heavy atom. The zero-order valence-corrected chi connectivity index (χ0v) is 18.2. The Bertz CT molecular complexity index is 1010. The van der Waals surface area contributed by atoms with Gasteiger partial charge >= 0.3 is 6.16 Å². The van der Waals surface area contributed by atoms with E-state index < -0.39 is 6.16 Å². The van der Waals surface area contributed by atoms with Gasteiger partial charge in [0.2, 0.25) is 0 Å². The summed E-state index contributed by atoms with van der Waals surface area (Å²) in [6, 6.07) is 15.8. The zero-order valence-electron chi connectivity index (χ0n) is 17.4. The lowest BCUT2D eigenvalue weighted by Gasteiger charge is -2.15. The van der Waals surface area contributed by atoms with Crippen LogP contribution in [0.15, 0.2) is 58.3 Å². The van der Waals surface area contributed by atoms with Crippen molar-refractivity contribution >= 4 is 28.7 Å². The zero-order chi connectivity index (χ0) is 21.5. The molecule has 0 aliphatic rings. The van der Waals surface area contributed by atoms with Gasteiger partial charge in [0, 0.05) is 27.1 Å². The fourth-order valence-corrected chi connectivity index (χ4v) is 3.79. The number of aromatic nitrogens is 1. The topological polar surface area (TPSA) is 71.9 Å². The van der Waals surface area contributed by atoms with Crippen LogP contribution in [0.25, 0.3) is 10.8 Å². The van der Waals surface area contributed by atoms with Gasteiger partial charge in [0.15, 0.2) is 5.75 Å². The molecule has 1 N–H and O–H groups in total. The van der Waals surface area contributed by atoms with Crippen molar-refractivity contribution in [1.29, 1.82) is 0 Å². The predicted molar refractivity (Wildman–Crippen MR) is 118 cm³/mol. The van der Waals surface area contributed by atoms with Crippen LogP contribution in [0.1, 0.15) is 25.5 Å². The van der Waals surface area contributed by atoms with E-state index in [-0.39, 0.29) is 18.2 Å². The molecule has 7 heteroatoms. The van der Waals surface area contributed by atoms with E-state index in [1.165, 1.54) is 0 Å². The molecular weight excluding hydrogens is 400 g/mol. The van der Waals surface area contributed by atoms with E-state index >= 15 is 0 Å². The average Bonchev–Trinajstić information content (AvgIpc) is 2.72. The van der Waals surface area contributed by atoms with Gasteiger partial charge in [-0.1, -0.05) is 43.3 Å². The fourth-order valence-electron chi connectivity index (χ4n) is 2.91. The molecule has 2 aromatic carbocycles. The number of carbonyl (C=O) groups excluding carboxylic acids is 1. The summed E-state index contributed by atoms with van der Waals surface area (Å²) in [4.78, 5) is 20.5. The minimum absolute atomic E-state index is 0.135. The average molecular weight is 427 g/mol. The van der Waals surface area contributed by atoms with Crippen LogP contribution < -0.4 is 4.74 Å². The van der Waals surface area contributed by atoms with E-state index in [1.54, 1.807) is 11.8 Å². The van der Waals surface area contributed by atoms with Crippen LogP contribution in [-0.4, -0.2) is 41.8 Å². The standard InChI is InChI=1S/C23H26N2O4S/c1-4-5-13-28-23(27)29-22-21(26)18-12-11-17(30-16-9-7-6-8-10-16)14-19(18)20(24-22)15-25(2)3/h6-12,14,26H,4-5,13,15H2,1-3H3. The normalized spacial score (nSPS) is 11.1. The van der Waals surface area contributed by atoms with Gasteiger partial charge in [0.05, 0.1) is 12.3 Å². The highest BCUT2D eigenvalue weighted by molar-refractivity contribution is 7.99. The fraction of sp³-hybridized carbons (Fsp3) is 0.304. The van der Waals surface area contributed by atoms with Crippen LogP contribution in [0.2, 0.25) is 0 Å². The van der Waals surface area contributed by atoms with Crippen LogP contribution >= 0.6 is 11.8 Å². The summed E-state index contributed by atoms with van der Waals surface area (Å²) in [6.45, 7) is 2.80. The molecule has 0 aliphatic carbocycles. The molecule has 6 nitrogen and oxygen atoms in total. The van der Waals surface area contributed by atoms with E-state index in [0.717, 1.165) is 28.0 Å². The number of fused-ring (bicyclic) bond motifs is 1. The lowest BCUT2D eigenvalue weighted by molar-refractivity contribution is 0.0951. The van der Waals surface area contributed by atoms with Crippen molar-refractivity contribution in [3.05, 3.63) is 54.2 Å². The van der Waals surface area contributed by atoms with Gasteiger partial charge in [-0.25, -0.2) is 9.78 Å². The number of benzene rings is 2. The Morgan fingerprint density at radius 2 is 1.87 bits per heavy atom. The van der Waals surface area contributed by atoms with Crippen molar-refractivity contribution in [1.82, 2.24) is 9.88 Å². The molecule has 0 saturated carbocycles. The molecule has 0 radical (unpaired) electrons. The first-order chi connectivity index (χ1) is 14.5. The molecule has 3 rings (SSSR count). The number of rotatable bonds is 8. The lowest BCUT2D eigenvalue weighted by Crippen LogP contribution is -2.15. The maximum Gasteiger partial charge on any atom is 0.515 e. The Balaban J connectivity index is 1.95. The first-order valence-corrected chi connectivity index (χ1v) is 10.7. The van der Waals surface area contributed by atoms with Crippen LogP contribution in [0.5, 0.6) is 11.6 Å². The summed E-state index contributed by atoms with van der Waals surface area (Å²) in [5, 5.41) is 12.1. The number of unbranched alkanes of at least 4 members (excludes halogenated alkanes) is 1. The van der Waals surface area contributed by atoms with E-state index in [9.17, 15) is 9.90 Å². The first-order valence-electron chi connectivity index (χ1n) is 9.85. The summed E-state index contributed by atoms with van der Waals surface area (Å²) in [5.74, 6) is -0.305. The van der Waals surface area contributed by atoms with Crippen LogP contribution in [0.4, 0.5) is 4.79 Å². The maximum atomic E-state index is 12.0. The third-order valence-corrected chi connectivity index (χ3v) is 5.34. The minimum Gasteiger partial charge on any atom is -0.503 e. The number of ether oxygens (including phenoxy) is 2. The summed E-state index contributed by atoms with van der Waals surface area (Å²) < 4.78 is 10.2. The predicted octanol–water partition coefficient (Wildman–Crippen LogP) is 5.47. The largest absolute Gasteiger partial charge is 0.515 e. The second kappa shape index (κ2) is 10.3. The number of carbonyl (C=O) groups is 1. The van der Waals surface area contributed by atoms with Crippen molar-refractivity contribution in [3.63, 3.8) is 0 Å². The number of aromatic hydroxyl groups is 1. The monoisotopic (exact) mass is 426 g/mol. The molecule has 0 aliphatic heterocycles. The summed E-state index contributed by atoms with van der Waals surface area (Å²) in [5.41, 5.74) is 0.708. The van der Waals surface area contributed by atoms with Crippen LogP contribution in [0, 0.1) is 0 Å². The molecule has 1 heterocycles. The Morgan fingerprint density at radius 3 is 2.57 bits per heavy atom. The summed E-state index contributed by atoms with van der Waals surface area (Å²) >= 11 is 1.63. The lowest BCUT2D eigenvalue weighted by atomic mass is 10.1. The van der Waals surface area contributed by atoms with E-state index in [4.69, 9.17) is 9.47 Å². The van der Waals surface area contributed by atoms with Gasteiger partial charge in [-0.2, -0.15) is 0 Å². The highest BCUT2D eigenvalue weighted by atomic mass is 32.2. The van der Waals surface area contributed by atoms with Gasteiger partial charge in [0.1, 0.15) is 0 Å². The third kappa shape index (κ3) is 5.64. The van der Waals surface area contributed by atoms with Crippen molar-refractivity contribution in [2.45, 2.75) is 36.1 Å². The smallest absolute Gasteiger partial charge is 0.503 e. The number of hydrogen-bond acceptors (Lipinski definition) is 7. The van der Waals surface area contributed by atoms with Gasteiger partial charge in [-0.05, 0) is 50.8 Å². The number of nitrogens with zero attached hydrogens (tertiary/aromatic N) is 2. The Kier molecular flexibility index (Phi) is 7.54. The highest BCUT2D eigenvalue weighted by Gasteiger charge is 2.19. The molecule has 1 aromatic heterocycles. The molecule has 30 heavy (non-hydrogen) atoms. The first kappa shape index (κ1) is 21.9. The van der Waals surface area contributed by atoms with E-state index in [1.807, 2.05) is 74.4 Å². The van der Waals surface area contributed by atoms with Gasteiger partial charge in [0.25, 0.3) is 5.88 Å². The second-order valence-corrected chi connectivity index (χ2v) is 8.27. The molecule has 0 spiro atoms. The Hall–Kier alpha value is -2.77. The van der Waals surface area contributed by atoms with Crippen LogP contribution in [-0.2, 0) is 11.3 Å². The molecule has 3 aromatic rings. The van der Waals surface area contributed by atoms with Gasteiger partial charge in [-0.15, -0.1) is 0 Å². The minimum atomic E-state index is -0.863. The van der Waals surface area contributed by atoms with Crippen molar-refractivity contribution in [2.75, 3.05) is 20.7 Å². The highest BCUT2D eigenvalue weighted by Crippen LogP contribution is 2.38. The molecule has 0 fully saturated rings. The molecule has 0 amide bonds. The second-order valence-electron chi connectivity index (χ2n) is 7.13. The van der Waals surface area contributed by atoms with E-state index in [0.29, 0.717) is 17.6 Å².